The van der Waals surface area contributed by atoms with Crippen LogP contribution in [0.2, 0.25) is 0 Å². The number of rotatable bonds is 2. The van der Waals surface area contributed by atoms with Crippen molar-refractivity contribution in [1.29, 1.82) is 0 Å². The topological polar surface area (TPSA) is 69.7 Å². The number of amides is 4. The fraction of sp³-hybridized carbons (Fsp3) is 0.438. The summed E-state index contributed by atoms with van der Waals surface area (Å²) in [7, 11) is 0. The quantitative estimate of drug-likeness (QED) is 0.852. The molecule has 1 fully saturated rings. The normalized spacial score (nSPS) is 17.4. The molecule has 3 rings (SSSR count). The second-order valence-corrected chi connectivity index (χ2v) is 5.96. The molecule has 1 aromatic rings. The van der Waals surface area contributed by atoms with E-state index in [1.807, 2.05) is 0 Å². The van der Waals surface area contributed by atoms with Crippen LogP contribution in [0, 0.1) is 0 Å². The first-order valence-corrected chi connectivity index (χ1v) is 7.57. The van der Waals surface area contributed by atoms with Gasteiger partial charge in [0.15, 0.2) is 0 Å². The molecule has 0 bridgehead atoms. The van der Waals surface area contributed by atoms with E-state index in [1.54, 1.807) is 36.9 Å². The van der Waals surface area contributed by atoms with Gasteiger partial charge in [0.25, 0.3) is 11.8 Å². The molecule has 6 nitrogen and oxygen atoms in total. The number of carbonyl (C=O) groups excluding carboxylic acids is 3. The third-order valence-electron chi connectivity index (χ3n) is 4.08. The number of fused-ring (bicyclic) bond motifs is 1. The Morgan fingerprint density at radius 1 is 1.09 bits per heavy atom. The van der Waals surface area contributed by atoms with Crippen LogP contribution in [0.5, 0.6) is 0 Å². The standard InChI is InChI=1S/C16H19N3O3/c1-10(2)19-14(20)12-6-5-11(9-13(12)15(19)21)17-16(22)18-7-3-4-8-18/h5-6,9-10H,3-4,7-8H2,1-2H3,(H,17,22). The number of benzene rings is 1. The lowest BCUT2D eigenvalue weighted by atomic mass is 10.1. The summed E-state index contributed by atoms with van der Waals surface area (Å²) in [6.07, 6.45) is 2.04. The largest absolute Gasteiger partial charge is 0.325 e. The van der Waals surface area contributed by atoms with Crippen LogP contribution >= 0.6 is 0 Å². The van der Waals surface area contributed by atoms with E-state index in [0.717, 1.165) is 25.9 Å². The Hall–Kier alpha value is -2.37. The lowest BCUT2D eigenvalue weighted by molar-refractivity contribution is 0.0609. The van der Waals surface area contributed by atoms with E-state index in [-0.39, 0.29) is 23.9 Å². The van der Waals surface area contributed by atoms with E-state index in [9.17, 15) is 14.4 Å². The van der Waals surface area contributed by atoms with Gasteiger partial charge in [-0.05, 0) is 44.9 Å². The van der Waals surface area contributed by atoms with E-state index < -0.39 is 0 Å². The number of likely N-dealkylation sites (tertiary alicyclic amines) is 1. The molecule has 4 amide bonds. The third kappa shape index (κ3) is 2.34. The van der Waals surface area contributed by atoms with Crippen molar-refractivity contribution >= 4 is 23.5 Å². The average molecular weight is 301 g/mol. The monoisotopic (exact) mass is 301 g/mol. The number of hydrogen-bond acceptors (Lipinski definition) is 3. The molecule has 1 N–H and O–H groups in total. The lowest BCUT2D eigenvalue weighted by Gasteiger charge is -2.17. The van der Waals surface area contributed by atoms with Gasteiger partial charge in [-0.3, -0.25) is 14.5 Å². The summed E-state index contributed by atoms with van der Waals surface area (Å²) in [5.74, 6) is -0.570. The molecule has 1 saturated heterocycles. The van der Waals surface area contributed by atoms with Crippen molar-refractivity contribution in [3.05, 3.63) is 29.3 Å². The van der Waals surface area contributed by atoms with Crippen molar-refractivity contribution in [2.24, 2.45) is 0 Å². The van der Waals surface area contributed by atoms with Crippen LogP contribution < -0.4 is 5.32 Å². The van der Waals surface area contributed by atoms with Crippen LogP contribution in [0.1, 0.15) is 47.4 Å². The maximum Gasteiger partial charge on any atom is 0.321 e. The van der Waals surface area contributed by atoms with E-state index in [1.165, 1.54) is 4.90 Å². The SMILES string of the molecule is CC(C)N1C(=O)c2ccc(NC(=O)N3CCCC3)cc2C1=O. The fourth-order valence-electron chi connectivity index (χ4n) is 2.93. The lowest BCUT2D eigenvalue weighted by Crippen LogP contribution is -2.35. The minimum absolute atomic E-state index is 0.157. The molecule has 0 unspecified atom stereocenters. The average Bonchev–Trinajstić information content (AvgIpc) is 3.07. The molecule has 2 aliphatic rings. The highest BCUT2D eigenvalue weighted by atomic mass is 16.2. The Morgan fingerprint density at radius 2 is 1.73 bits per heavy atom. The summed E-state index contributed by atoms with van der Waals surface area (Å²) < 4.78 is 0. The van der Waals surface area contributed by atoms with Crippen molar-refractivity contribution in [2.45, 2.75) is 32.7 Å². The van der Waals surface area contributed by atoms with Crippen LogP contribution in [0.4, 0.5) is 10.5 Å². The van der Waals surface area contributed by atoms with Crippen molar-refractivity contribution < 1.29 is 14.4 Å². The van der Waals surface area contributed by atoms with Gasteiger partial charge >= 0.3 is 6.03 Å². The van der Waals surface area contributed by atoms with E-state index in [2.05, 4.69) is 5.32 Å². The Bertz CT molecular complexity index is 648. The molecule has 2 heterocycles. The molecule has 0 spiro atoms. The van der Waals surface area contributed by atoms with Gasteiger partial charge < -0.3 is 10.2 Å². The first kappa shape index (κ1) is 14.6. The summed E-state index contributed by atoms with van der Waals surface area (Å²) in [6, 6.07) is 4.52. The minimum atomic E-state index is -0.299. The van der Waals surface area contributed by atoms with E-state index in [4.69, 9.17) is 0 Å². The maximum absolute atomic E-state index is 12.3. The molecule has 1 aromatic carbocycles. The van der Waals surface area contributed by atoms with Crippen LogP contribution in [-0.2, 0) is 0 Å². The van der Waals surface area contributed by atoms with E-state index in [0.29, 0.717) is 16.8 Å². The van der Waals surface area contributed by atoms with Gasteiger partial charge in [0.05, 0.1) is 11.1 Å². The van der Waals surface area contributed by atoms with Gasteiger partial charge in [-0.15, -0.1) is 0 Å². The number of nitrogens with zero attached hydrogens (tertiary/aromatic N) is 2. The highest BCUT2D eigenvalue weighted by Gasteiger charge is 2.37. The summed E-state index contributed by atoms with van der Waals surface area (Å²) in [5.41, 5.74) is 1.30. The predicted octanol–water partition coefficient (Wildman–Crippen LogP) is 2.32. The Balaban J connectivity index is 1.82. The Kier molecular flexibility index (Phi) is 3.60. The van der Waals surface area contributed by atoms with Gasteiger partial charge in [-0.1, -0.05) is 0 Å². The zero-order valence-corrected chi connectivity index (χ0v) is 12.8. The fourth-order valence-corrected chi connectivity index (χ4v) is 2.93. The molecule has 0 aliphatic carbocycles. The zero-order chi connectivity index (χ0) is 15.9. The summed E-state index contributed by atoms with van der Waals surface area (Å²) in [5, 5.41) is 2.80. The number of urea groups is 1. The highest BCUT2D eigenvalue weighted by Crippen LogP contribution is 2.27. The summed E-state index contributed by atoms with van der Waals surface area (Å²) in [6.45, 7) is 5.13. The summed E-state index contributed by atoms with van der Waals surface area (Å²) >= 11 is 0. The van der Waals surface area contributed by atoms with Crippen molar-refractivity contribution in [1.82, 2.24) is 9.80 Å². The third-order valence-corrected chi connectivity index (χ3v) is 4.08. The second kappa shape index (κ2) is 5.44. The van der Waals surface area contributed by atoms with Gasteiger partial charge in [-0.25, -0.2) is 4.79 Å². The number of nitrogens with one attached hydrogen (secondary N) is 1. The number of anilines is 1. The van der Waals surface area contributed by atoms with Gasteiger partial charge in [0, 0.05) is 24.8 Å². The number of hydrogen-bond donors (Lipinski definition) is 1. The van der Waals surface area contributed by atoms with Crippen LogP contribution in [-0.4, -0.2) is 46.8 Å². The van der Waals surface area contributed by atoms with Gasteiger partial charge in [0.1, 0.15) is 0 Å². The first-order chi connectivity index (χ1) is 10.5. The molecule has 22 heavy (non-hydrogen) atoms. The van der Waals surface area contributed by atoms with Crippen molar-refractivity contribution in [3.63, 3.8) is 0 Å². The molecule has 0 radical (unpaired) electrons. The Morgan fingerprint density at radius 3 is 2.36 bits per heavy atom. The van der Waals surface area contributed by atoms with Crippen LogP contribution in [0.15, 0.2) is 18.2 Å². The molecule has 0 saturated carbocycles. The second-order valence-electron chi connectivity index (χ2n) is 5.96. The summed E-state index contributed by atoms with van der Waals surface area (Å²) in [4.78, 5) is 39.6. The molecule has 0 aromatic heterocycles. The highest BCUT2D eigenvalue weighted by molar-refractivity contribution is 6.22. The predicted molar refractivity (Wildman–Crippen MR) is 81.9 cm³/mol. The van der Waals surface area contributed by atoms with Gasteiger partial charge in [0.2, 0.25) is 0 Å². The van der Waals surface area contributed by atoms with Crippen LogP contribution in [0.25, 0.3) is 0 Å². The number of carbonyl (C=O) groups is 3. The molecular weight excluding hydrogens is 282 g/mol. The van der Waals surface area contributed by atoms with E-state index >= 15 is 0 Å². The Labute approximate surface area is 129 Å². The van der Waals surface area contributed by atoms with Gasteiger partial charge in [-0.2, -0.15) is 0 Å². The minimum Gasteiger partial charge on any atom is -0.325 e. The molecule has 6 heteroatoms. The van der Waals surface area contributed by atoms with Crippen molar-refractivity contribution in [3.8, 4) is 0 Å². The van der Waals surface area contributed by atoms with Crippen LogP contribution in [0.3, 0.4) is 0 Å². The molecular formula is C16H19N3O3. The van der Waals surface area contributed by atoms with Crippen molar-refractivity contribution in [2.75, 3.05) is 18.4 Å². The smallest absolute Gasteiger partial charge is 0.321 e. The molecule has 2 aliphatic heterocycles. The zero-order valence-electron chi connectivity index (χ0n) is 12.8. The molecule has 0 atom stereocenters. The maximum atomic E-state index is 12.3. The number of imide groups is 1. The molecule has 116 valence electrons. The first-order valence-electron chi connectivity index (χ1n) is 7.57.